The Hall–Kier alpha value is -2.66. The van der Waals surface area contributed by atoms with Crippen molar-refractivity contribution in [1.29, 1.82) is 0 Å². The molecule has 0 fully saturated rings. The second kappa shape index (κ2) is 7.53. The number of nitrogens with one attached hydrogen (secondary N) is 2. The Morgan fingerprint density at radius 2 is 2.15 bits per heavy atom. The van der Waals surface area contributed by atoms with E-state index in [0.717, 1.165) is 12.4 Å². The van der Waals surface area contributed by atoms with Crippen LogP contribution in [-0.4, -0.2) is 43.8 Å². The third-order valence-corrected chi connectivity index (χ3v) is 5.13. The van der Waals surface area contributed by atoms with Gasteiger partial charge in [0.15, 0.2) is 11.6 Å². The summed E-state index contributed by atoms with van der Waals surface area (Å²) in [5.74, 6) is -1.08. The number of hydrogen-bond acceptors (Lipinski definition) is 6. The van der Waals surface area contributed by atoms with Crippen LogP contribution in [-0.2, 0) is 10.0 Å². The first-order chi connectivity index (χ1) is 12.9. The summed E-state index contributed by atoms with van der Waals surface area (Å²) in [5.41, 5.74) is -0.0451. The lowest BCUT2D eigenvalue weighted by atomic mass is 10.2. The fraction of sp³-hybridized carbons (Fsp3) is 0.200. The van der Waals surface area contributed by atoms with E-state index in [4.69, 9.17) is 21.1 Å². The largest absolute Gasteiger partial charge is 0.484 e. The smallest absolute Gasteiger partial charge is 0.266 e. The summed E-state index contributed by atoms with van der Waals surface area (Å²) in [6.45, 7) is -0.951. The van der Waals surface area contributed by atoms with Crippen molar-refractivity contribution in [2.75, 3.05) is 25.1 Å². The van der Waals surface area contributed by atoms with Crippen molar-refractivity contribution in [2.24, 2.45) is 0 Å². The number of H-pyrrole nitrogens is 1. The van der Waals surface area contributed by atoms with E-state index in [-0.39, 0.29) is 45.0 Å². The molecule has 3 aromatic rings. The molecular weight excluding hydrogens is 406 g/mol. The molecule has 0 spiro atoms. The lowest BCUT2D eigenvalue weighted by molar-refractivity contribution is 0.256. The molecule has 0 aliphatic carbocycles. The van der Waals surface area contributed by atoms with Crippen molar-refractivity contribution >= 4 is 38.5 Å². The van der Waals surface area contributed by atoms with E-state index in [9.17, 15) is 17.2 Å². The number of benzene rings is 1. The van der Waals surface area contributed by atoms with Gasteiger partial charge in [0.2, 0.25) is 5.95 Å². The summed E-state index contributed by atoms with van der Waals surface area (Å²) in [7, 11) is -2.87. The number of anilines is 1. The van der Waals surface area contributed by atoms with Crippen LogP contribution in [0.2, 0.25) is 5.02 Å². The monoisotopic (exact) mass is 418 g/mol. The standard InChI is InChI=1S/C15H13ClF2N4O4S/c1-25-14-10(26-5-4-17)6-20-15(21-14)22-27(23,24)11-7-19-13-8(11)2-3-9(16)12(13)18/h2-3,6-7,19H,4-5H2,1H3,(H,20,21,22). The number of rotatable bonds is 7. The van der Waals surface area contributed by atoms with Crippen LogP contribution in [0, 0.1) is 5.82 Å². The molecule has 0 saturated heterocycles. The molecule has 0 unspecified atom stereocenters. The minimum atomic E-state index is -4.15. The fourth-order valence-corrected chi connectivity index (χ4v) is 3.59. The van der Waals surface area contributed by atoms with Crippen molar-refractivity contribution in [1.82, 2.24) is 15.0 Å². The summed E-state index contributed by atoms with van der Waals surface area (Å²) in [4.78, 5) is 10.0. The maximum Gasteiger partial charge on any atom is 0.266 e. The molecule has 2 heterocycles. The number of methoxy groups -OCH3 is 1. The lowest BCUT2D eigenvalue weighted by Crippen LogP contribution is -2.15. The van der Waals surface area contributed by atoms with Crippen molar-refractivity contribution < 1.29 is 26.7 Å². The molecule has 8 nitrogen and oxygen atoms in total. The molecule has 12 heteroatoms. The molecule has 0 saturated carbocycles. The molecule has 0 bridgehead atoms. The summed E-state index contributed by atoms with van der Waals surface area (Å²) >= 11 is 5.70. The maximum absolute atomic E-state index is 14.0. The first kappa shape index (κ1) is 19.1. The molecule has 144 valence electrons. The molecule has 0 aliphatic heterocycles. The Morgan fingerprint density at radius 1 is 1.37 bits per heavy atom. The third kappa shape index (κ3) is 3.74. The fourth-order valence-electron chi connectivity index (χ4n) is 2.31. The van der Waals surface area contributed by atoms with Crippen molar-refractivity contribution in [2.45, 2.75) is 4.90 Å². The summed E-state index contributed by atoms with van der Waals surface area (Å²) in [6, 6.07) is 2.63. The van der Waals surface area contributed by atoms with Crippen molar-refractivity contribution in [3.8, 4) is 11.6 Å². The van der Waals surface area contributed by atoms with Crippen LogP contribution in [0.25, 0.3) is 10.9 Å². The molecule has 1 aromatic carbocycles. The van der Waals surface area contributed by atoms with E-state index in [1.165, 1.54) is 19.2 Å². The van der Waals surface area contributed by atoms with Gasteiger partial charge >= 0.3 is 0 Å². The highest BCUT2D eigenvalue weighted by molar-refractivity contribution is 7.93. The van der Waals surface area contributed by atoms with E-state index in [2.05, 4.69) is 19.7 Å². The van der Waals surface area contributed by atoms with Crippen LogP contribution in [0.15, 0.2) is 29.4 Å². The highest BCUT2D eigenvalue weighted by Gasteiger charge is 2.23. The van der Waals surface area contributed by atoms with Gasteiger partial charge in [0, 0.05) is 11.6 Å². The zero-order valence-corrected chi connectivity index (χ0v) is 15.4. The van der Waals surface area contributed by atoms with Gasteiger partial charge in [-0.05, 0) is 12.1 Å². The van der Waals surface area contributed by atoms with Gasteiger partial charge in [-0.3, -0.25) is 0 Å². The first-order valence-corrected chi connectivity index (χ1v) is 9.31. The van der Waals surface area contributed by atoms with Gasteiger partial charge in [-0.2, -0.15) is 4.98 Å². The van der Waals surface area contributed by atoms with Crippen molar-refractivity contribution in [3.05, 3.63) is 35.4 Å². The summed E-state index contributed by atoms with van der Waals surface area (Å²) in [5, 5.41) is -0.0301. The average Bonchev–Trinajstić information content (AvgIpc) is 3.09. The van der Waals surface area contributed by atoms with E-state index >= 15 is 0 Å². The van der Waals surface area contributed by atoms with E-state index in [1.54, 1.807) is 0 Å². The average molecular weight is 419 g/mol. The summed E-state index contributed by atoms with van der Waals surface area (Å²) in [6.07, 6.45) is 2.27. The SMILES string of the molecule is COc1nc(NS(=O)(=O)c2c[nH]c3c(F)c(Cl)ccc23)ncc1OCCF. The zero-order chi connectivity index (χ0) is 19.6. The number of ether oxygens (including phenoxy) is 2. The molecule has 0 aliphatic rings. The number of hydrogen-bond donors (Lipinski definition) is 2. The normalized spacial score (nSPS) is 11.6. The molecule has 0 atom stereocenters. The van der Waals surface area contributed by atoms with Crippen molar-refractivity contribution in [3.63, 3.8) is 0 Å². The molecular formula is C15H13ClF2N4O4S. The van der Waals surface area contributed by atoms with Gasteiger partial charge < -0.3 is 14.5 Å². The van der Waals surface area contributed by atoms with Crippen LogP contribution in [0.1, 0.15) is 0 Å². The topological polar surface area (TPSA) is 106 Å². The molecule has 0 radical (unpaired) electrons. The Morgan fingerprint density at radius 3 is 2.85 bits per heavy atom. The third-order valence-electron chi connectivity index (χ3n) is 3.47. The molecule has 2 aromatic heterocycles. The van der Waals surface area contributed by atoms with E-state index in [0.29, 0.717) is 0 Å². The number of sulfonamides is 1. The lowest BCUT2D eigenvalue weighted by Gasteiger charge is -2.10. The van der Waals surface area contributed by atoms with Gasteiger partial charge in [0.25, 0.3) is 15.9 Å². The Balaban J connectivity index is 1.94. The Bertz CT molecular complexity index is 1090. The highest BCUT2D eigenvalue weighted by atomic mass is 35.5. The number of halogens is 3. The van der Waals surface area contributed by atoms with Crippen LogP contribution in [0.3, 0.4) is 0 Å². The second-order valence-corrected chi connectivity index (χ2v) is 7.20. The van der Waals surface area contributed by atoms with Crippen LogP contribution >= 0.6 is 11.6 Å². The van der Waals surface area contributed by atoms with Gasteiger partial charge in [-0.15, -0.1) is 0 Å². The number of alkyl halides is 1. The predicted molar refractivity (Wildman–Crippen MR) is 94.1 cm³/mol. The molecule has 27 heavy (non-hydrogen) atoms. The predicted octanol–water partition coefficient (Wildman–Crippen LogP) is 2.91. The van der Waals surface area contributed by atoms with Crippen LogP contribution in [0.4, 0.5) is 14.7 Å². The quantitative estimate of drug-likeness (QED) is 0.611. The zero-order valence-electron chi connectivity index (χ0n) is 13.8. The van der Waals surface area contributed by atoms with Gasteiger partial charge in [-0.1, -0.05) is 11.6 Å². The maximum atomic E-state index is 14.0. The molecule has 0 amide bonds. The van der Waals surface area contributed by atoms with Gasteiger partial charge in [-0.25, -0.2) is 26.9 Å². The van der Waals surface area contributed by atoms with Crippen LogP contribution < -0.4 is 14.2 Å². The number of fused-ring (bicyclic) bond motifs is 1. The Labute approximate surface area is 157 Å². The van der Waals surface area contributed by atoms with Gasteiger partial charge in [0.1, 0.15) is 18.2 Å². The molecule has 3 rings (SSSR count). The second-order valence-electron chi connectivity index (χ2n) is 5.15. The number of aromatic nitrogens is 3. The van der Waals surface area contributed by atoms with E-state index < -0.39 is 22.5 Å². The highest BCUT2D eigenvalue weighted by Crippen LogP contribution is 2.30. The summed E-state index contributed by atoms with van der Waals surface area (Å²) < 4.78 is 63.7. The molecule has 2 N–H and O–H groups in total. The minimum absolute atomic E-state index is 0.0451. The van der Waals surface area contributed by atoms with Crippen LogP contribution in [0.5, 0.6) is 11.6 Å². The minimum Gasteiger partial charge on any atom is -0.484 e. The number of aromatic amines is 1. The number of nitrogens with zero attached hydrogens (tertiary/aromatic N) is 2. The Kier molecular flexibility index (Phi) is 5.33. The first-order valence-electron chi connectivity index (χ1n) is 7.45. The van der Waals surface area contributed by atoms with Gasteiger partial charge in [0.05, 0.1) is 23.8 Å². The van der Waals surface area contributed by atoms with E-state index in [1.807, 2.05) is 0 Å².